The highest BCUT2D eigenvalue weighted by Crippen LogP contribution is 2.25. The van der Waals surface area contributed by atoms with Gasteiger partial charge >= 0.3 is 5.97 Å². The first-order valence-corrected chi connectivity index (χ1v) is 4.46. The molecule has 0 bridgehead atoms. The van der Waals surface area contributed by atoms with Gasteiger partial charge in [-0.15, -0.1) is 23.7 Å². The van der Waals surface area contributed by atoms with Gasteiger partial charge in [0.2, 0.25) is 0 Å². The van der Waals surface area contributed by atoms with Crippen molar-refractivity contribution < 1.29 is 9.90 Å². The summed E-state index contributed by atoms with van der Waals surface area (Å²) in [5.74, 6) is -0.897. The third-order valence-corrected chi connectivity index (χ3v) is 2.61. The second-order valence-electron chi connectivity index (χ2n) is 2.49. The molecule has 0 unspecified atom stereocenters. The molecule has 0 aromatic carbocycles. The summed E-state index contributed by atoms with van der Waals surface area (Å²) in [6.45, 7) is 0. The van der Waals surface area contributed by atoms with Gasteiger partial charge in [-0.05, 0) is 6.07 Å². The number of hydrogen-bond acceptors (Lipinski definition) is 3. The monoisotopic (exact) mass is 230 g/mol. The molecule has 0 aliphatic rings. The molecule has 2 heterocycles. The Morgan fingerprint density at radius 1 is 1.57 bits per heavy atom. The van der Waals surface area contributed by atoms with Crippen molar-refractivity contribution in [3.8, 4) is 10.4 Å². The highest BCUT2D eigenvalue weighted by Gasteiger charge is 2.07. The number of hydrogen-bond donors (Lipinski definition) is 2. The van der Waals surface area contributed by atoms with Crippen molar-refractivity contribution >= 4 is 29.7 Å². The van der Waals surface area contributed by atoms with E-state index in [9.17, 15) is 4.79 Å². The fraction of sp³-hybridized carbons (Fsp3) is 0. The van der Waals surface area contributed by atoms with Crippen LogP contribution in [-0.2, 0) is 0 Å². The quantitative estimate of drug-likeness (QED) is 0.832. The van der Waals surface area contributed by atoms with Crippen LogP contribution in [0.25, 0.3) is 10.4 Å². The molecule has 2 aromatic rings. The minimum atomic E-state index is -0.897. The number of H-pyrrole nitrogens is 1. The summed E-state index contributed by atoms with van der Waals surface area (Å²) < 4.78 is 0. The zero-order valence-electron chi connectivity index (χ0n) is 6.93. The summed E-state index contributed by atoms with van der Waals surface area (Å²) in [7, 11) is 0. The molecule has 2 N–H and O–H groups in total. The van der Waals surface area contributed by atoms with Crippen molar-refractivity contribution in [2.45, 2.75) is 0 Å². The van der Waals surface area contributed by atoms with Gasteiger partial charge in [0.15, 0.2) is 0 Å². The maximum absolute atomic E-state index is 10.6. The van der Waals surface area contributed by atoms with E-state index in [1.165, 1.54) is 11.3 Å². The van der Waals surface area contributed by atoms with Crippen LogP contribution < -0.4 is 0 Å². The topological polar surface area (TPSA) is 66.0 Å². The van der Waals surface area contributed by atoms with Gasteiger partial charge in [-0.2, -0.15) is 5.10 Å². The molecule has 2 rings (SSSR count). The molecule has 6 heteroatoms. The second kappa shape index (κ2) is 4.26. The van der Waals surface area contributed by atoms with E-state index < -0.39 is 5.97 Å². The Hall–Kier alpha value is -1.33. The summed E-state index contributed by atoms with van der Waals surface area (Å²) in [6.07, 6.45) is 3.40. The van der Waals surface area contributed by atoms with Crippen LogP contribution in [0, 0.1) is 0 Å². The zero-order valence-corrected chi connectivity index (χ0v) is 8.56. The number of aromatic nitrogens is 2. The van der Waals surface area contributed by atoms with Gasteiger partial charge in [-0.3, -0.25) is 5.10 Å². The number of aromatic amines is 1. The number of halogens is 1. The average Bonchev–Trinajstić information content (AvgIpc) is 2.75. The summed E-state index contributed by atoms with van der Waals surface area (Å²) in [5.41, 5.74) is 1.23. The Kier molecular flexibility index (Phi) is 3.27. The Balaban J connectivity index is 0.000000980. The average molecular weight is 231 g/mol. The lowest BCUT2D eigenvalue weighted by Crippen LogP contribution is -1.91. The normalized spacial score (nSPS) is 9.43. The van der Waals surface area contributed by atoms with E-state index >= 15 is 0 Å². The molecule has 0 spiro atoms. The third kappa shape index (κ3) is 1.94. The second-order valence-corrected chi connectivity index (χ2v) is 3.40. The SMILES string of the molecule is Cl.O=C(O)c1csc(-c2cn[nH]c2)c1. The van der Waals surface area contributed by atoms with Crippen LogP contribution >= 0.6 is 23.7 Å². The highest BCUT2D eigenvalue weighted by molar-refractivity contribution is 7.13. The molecular weight excluding hydrogens is 224 g/mol. The summed E-state index contributed by atoms with van der Waals surface area (Å²) in [6, 6.07) is 1.64. The highest BCUT2D eigenvalue weighted by atomic mass is 35.5. The van der Waals surface area contributed by atoms with Crippen LogP contribution in [0.4, 0.5) is 0 Å². The molecule has 0 atom stereocenters. The van der Waals surface area contributed by atoms with Gasteiger partial charge in [0, 0.05) is 22.0 Å². The Bertz CT molecular complexity index is 424. The lowest BCUT2D eigenvalue weighted by Gasteiger charge is -1.85. The predicted octanol–water partition coefficient (Wildman–Crippen LogP) is 2.26. The van der Waals surface area contributed by atoms with Crippen molar-refractivity contribution in [3.05, 3.63) is 29.4 Å². The van der Waals surface area contributed by atoms with Crippen molar-refractivity contribution in [2.75, 3.05) is 0 Å². The van der Waals surface area contributed by atoms with E-state index in [-0.39, 0.29) is 12.4 Å². The van der Waals surface area contributed by atoms with E-state index in [1.54, 1.807) is 23.8 Å². The molecule has 0 radical (unpaired) electrons. The third-order valence-electron chi connectivity index (χ3n) is 1.63. The standard InChI is InChI=1S/C8H6N2O2S.ClH/c11-8(12)5-1-7(13-4-5)6-2-9-10-3-6;/h1-4H,(H,9,10)(H,11,12);1H. The van der Waals surface area contributed by atoms with Crippen molar-refractivity contribution in [3.63, 3.8) is 0 Å². The molecule has 0 aliphatic carbocycles. The van der Waals surface area contributed by atoms with Gasteiger partial charge < -0.3 is 5.11 Å². The number of rotatable bonds is 2. The number of carboxylic acid groups (broad SMARTS) is 1. The molecular formula is C8H7ClN2O2S. The van der Waals surface area contributed by atoms with Gasteiger partial charge in [0.05, 0.1) is 11.8 Å². The molecule has 0 saturated heterocycles. The first-order chi connectivity index (χ1) is 6.27. The van der Waals surface area contributed by atoms with Gasteiger partial charge in [-0.25, -0.2) is 4.79 Å². The van der Waals surface area contributed by atoms with Gasteiger partial charge in [-0.1, -0.05) is 0 Å². The molecule has 74 valence electrons. The molecule has 4 nitrogen and oxygen atoms in total. The van der Waals surface area contributed by atoms with Gasteiger partial charge in [0.1, 0.15) is 0 Å². The number of aromatic carboxylic acids is 1. The van der Waals surface area contributed by atoms with Crippen LogP contribution in [0.1, 0.15) is 10.4 Å². The minimum absolute atomic E-state index is 0. The summed E-state index contributed by atoms with van der Waals surface area (Å²) in [5, 5.41) is 16.8. The molecule has 2 aromatic heterocycles. The number of nitrogens with zero attached hydrogens (tertiary/aromatic N) is 1. The summed E-state index contributed by atoms with van der Waals surface area (Å²) >= 11 is 1.39. The lowest BCUT2D eigenvalue weighted by molar-refractivity contribution is 0.0697. The van der Waals surface area contributed by atoms with Crippen molar-refractivity contribution in [1.82, 2.24) is 10.2 Å². The van der Waals surface area contributed by atoms with Crippen molar-refractivity contribution in [1.29, 1.82) is 0 Å². The largest absolute Gasteiger partial charge is 0.478 e. The Morgan fingerprint density at radius 2 is 2.36 bits per heavy atom. The van der Waals surface area contributed by atoms with Crippen LogP contribution in [0.3, 0.4) is 0 Å². The van der Waals surface area contributed by atoms with E-state index in [2.05, 4.69) is 10.2 Å². The molecule has 0 fully saturated rings. The van der Waals surface area contributed by atoms with Gasteiger partial charge in [0.25, 0.3) is 0 Å². The molecule has 0 aliphatic heterocycles. The fourth-order valence-corrected chi connectivity index (χ4v) is 1.85. The van der Waals surface area contributed by atoms with E-state index in [4.69, 9.17) is 5.11 Å². The summed E-state index contributed by atoms with van der Waals surface area (Å²) in [4.78, 5) is 11.5. The van der Waals surface area contributed by atoms with E-state index in [1.807, 2.05) is 0 Å². The lowest BCUT2D eigenvalue weighted by atomic mass is 10.2. The zero-order chi connectivity index (χ0) is 9.26. The fourth-order valence-electron chi connectivity index (χ4n) is 0.985. The van der Waals surface area contributed by atoms with Crippen LogP contribution in [0.5, 0.6) is 0 Å². The molecule has 14 heavy (non-hydrogen) atoms. The first kappa shape index (κ1) is 10.7. The van der Waals surface area contributed by atoms with E-state index in [0.717, 1.165) is 10.4 Å². The maximum atomic E-state index is 10.6. The van der Waals surface area contributed by atoms with Crippen LogP contribution in [0.2, 0.25) is 0 Å². The van der Waals surface area contributed by atoms with E-state index in [0.29, 0.717) is 5.56 Å². The molecule has 0 saturated carbocycles. The number of carbonyl (C=O) groups is 1. The Morgan fingerprint density at radius 3 is 2.86 bits per heavy atom. The predicted molar refractivity (Wildman–Crippen MR) is 56.1 cm³/mol. The minimum Gasteiger partial charge on any atom is -0.478 e. The van der Waals surface area contributed by atoms with Crippen molar-refractivity contribution in [2.24, 2.45) is 0 Å². The van der Waals surface area contributed by atoms with Crippen LogP contribution in [-0.4, -0.2) is 21.3 Å². The van der Waals surface area contributed by atoms with Crippen LogP contribution in [0.15, 0.2) is 23.8 Å². The number of thiophene rings is 1. The smallest absolute Gasteiger partial charge is 0.336 e. The first-order valence-electron chi connectivity index (χ1n) is 3.58. The number of nitrogens with one attached hydrogen (secondary N) is 1. The molecule has 0 amide bonds. The maximum Gasteiger partial charge on any atom is 0.336 e. The number of carboxylic acids is 1. The Labute approximate surface area is 90.0 Å².